The zero-order chi connectivity index (χ0) is 12.7. The van der Waals surface area contributed by atoms with E-state index < -0.39 is 0 Å². The average Bonchev–Trinajstić information content (AvgIpc) is 3.10. The number of nitrogens with one attached hydrogen (secondary N) is 1. The molecule has 0 aliphatic carbocycles. The summed E-state index contributed by atoms with van der Waals surface area (Å²) in [7, 11) is 0. The van der Waals surface area contributed by atoms with Gasteiger partial charge < -0.3 is 9.84 Å². The SMILES string of the molecule is C1CSC(c2noc(CC3CC4CCC(C3)N4)n2)C1. The van der Waals surface area contributed by atoms with Gasteiger partial charge in [-0.3, -0.25) is 0 Å². The molecule has 3 aliphatic heterocycles. The molecule has 0 aromatic carbocycles. The van der Waals surface area contributed by atoms with Gasteiger partial charge in [0.05, 0.1) is 5.25 Å². The summed E-state index contributed by atoms with van der Waals surface area (Å²) in [6, 6.07) is 1.49. The van der Waals surface area contributed by atoms with Crippen molar-refractivity contribution in [2.24, 2.45) is 5.92 Å². The van der Waals surface area contributed by atoms with Gasteiger partial charge in [-0.15, -0.1) is 0 Å². The third-order valence-corrected chi connectivity index (χ3v) is 6.11. The van der Waals surface area contributed by atoms with E-state index in [1.165, 1.54) is 44.3 Å². The van der Waals surface area contributed by atoms with E-state index in [0.29, 0.717) is 5.25 Å². The van der Waals surface area contributed by atoms with Gasteiger partial charge in [0, 0.05) is 18.5 Å². The molecule has 0 saturated carbocycles. The molecule has 0 amide bonds. The maximum Gasteiger partial charge on any atom is 0.226 e. The van der Waals surface area contributed by atoms with Crippen LogP contribution in [0.4, 0.5) is 0 Å². The monoisotopic (exact) mass is 279 g/mol. The Balaban J connectivity index is 1.40. The molecular weight excluding hydrogens is 258 g/mol. The van der Waals surface area contributed by atoms with Crippen LogP contribution in [0.1, 0.15) is 55.5 Å². The molecule has 3 atom stereocenters. The number of rotatable bonds is 3. The van der Waals surface area contributed by atoms with Crippen LogP contribution in [0.25, 0.3) is 0 Å². The van der Waals surface area contributed by atoms with Crippen LogP contribution in [0, 0.1) is 5.92 Å². The Bertz CT molecular complexity index is 432. The molecule has 4 rings (SSSR count). The highest BCUT2D eigenvalue weighted by Gasteiger charge is 2.34. The first-order valence-electron chi connectivity index (χ1n) is 7.57. The lowest BCUT2D eigenvalue weighted by Gasteiger charge is -2.28. The van der Waals surface area contributed by atoms with E-state index >= 15 is 0 Å². The highest BCUT2D eigenvalue weighted by Crippen LogP contribution is 2.38. The molecule has 19 heavy (non-hydrogen) atoms. The number of hydrogen-bond donors (Lipinski definition) is 1. The molecule has 4 heterocycles. The van der Waals surface area contributed by atoms with Crippen molar-refractivity contribution >= 4 is 11.8 Å². The fourth-order valence-corrected chi connectivity index (χ4v) is 5.05. The summed E-state index contributed by atoms with van der Waals surface area (Å²) >= 11 is 1.97. The van der Waals surface area contributed by atoms with Crippen LogP contribution < -0.4 is 5.32 Å². The molecule has 0 radical (unpaired) electrons. The van der Waals surface area contributed by atoms with Gasteiger partial charge in [-0.05, 0) is 50.2 Å². The maximum atomic E-state index is 5.48. The first-order chi connectivity index (χ1) is 9.37. The summed E-state index contributed by atoms with van der Waals surface area (Å²) in [5.74, 6) is 3.79. The van der Waals surface area contributed by atoms with Gasteiger partial charge in [-0.1, -0.05) is 5.16 Å². The molecule has 1 aromatic rings. The summed E-state index contributed by atoms with van der Waals surface area (Å²) in [6.45, 7) is 0. The standard InChI is InChI=1S/C14H21N3OS/c1-2-12(19-5-1)14-16-13(18-17-14)8-9-6-10-3-4-11(7-9)15-10/h9-12,15H,1-8H2. The van der Waals surface area contributed by atoms with Crippen LogP contribution in [0.5, 0.6) is 0 Å². The zero-order valence-electron chi connectivity index (χ0n) is 11.2. The van der Waals surface area contributed by atoms with Gasteiger partial charge in [0.15, 0.2) is 5.82 Å². The molecule has 5 heteroatoms. The second kappa shape index (κ2) is 5.09. The Morgan fingerprint density at radius 2 is 2.05 bits per heavy atom. The molecule has 3 fully saturated rings. The predicted molar refractivity (Wildman–Crippen MR) is 75.1 cm³/mol. The van der Waals surface area contributed by atoms with Gasteiger partial charge in [-0.25, -0.2) is 0 Å². The van der Waals surface area contributed by atoms with Gasteiger partial charge in [0.25, 0.3) is 0 Å². The van der Waals surface area contributed by atoms with Crippen molar-refractivity contribution in [2.75, 3.05) is 5.75 Å². The molecular formula is C14H21N3OS. The Kier molecular flexibility index (Phi) is 3.27. The summed E-state index contributed by atoms with van der Waals surface area (Å²) in [6.07, 6.45) is 8.76. The van der Waals surface area contributed by atoms with E-state index in [1.807, 2.05) is 11.8 Å². The van der Waals surface area contributed by atoms with Crippen LogP contribution in [-0.2, 0) is 6.42 Å². The Morgan fingerprint density at radius 3 is 2.79 bits per heavy atom. The van der Waals surface area contributed by atoms with Crippen molar-refractivity contribution in [3.63, 3.8) is 0 Å². The van der Waals surface area contributed by atoms with Crippen molar-refractivity contribution < 1.29 is 4.52 Å². The van der Waals surface area contributed by atoms with Gasteiger partial charge in [-0.2, -0.15) is 16.7 Å². The molecule has 2 bridgehead atoms. The Hall–Kier alpha value is -0.550. The minimum atomic E-state index is 0.488. The molecule has 104 valence electrons. The van der Waals surface area contributed by atoms with Gasteiger partial charge >= 0.3 is 0 Å². The minimum absolute atomic E-state index is 0.488. The predicted octanol–water partition coefficient (Wildman–Crippen LogP) is 2.71. The quantitative estimate of drug-likeness (QED) is 0.922. The Morgan fingerprint density at radius 1 is 1.21 bits per heavy atom. The van der Waals surface area contributed by atoms with Crippen molar-refractivity contribution in [1.29, 1.82) is 0 Å². The van der Waals surface area contributed by atoms with Crippen LogP contribution >= 0.6 is 11.8 Å². The van der Waals surface area contributed by atoms with Crippen molar-refractivity contribution in [1.82, 2.24) is 15.5 Å². The largest absolute Gasteiger partial charge is 0.339 e. The topological polar surface area (TPSA) is 51.0 Å². The lowest BCUT2D eigenvalue weighted by atomic mass is 9.90. The number of nitrogens with zero attached hydrogens (tertiary/aromatic N) is 2. The third-order valence-electron chi connectivity index (χ3n) is 4.74. The normalized spacial score (nSPS) is 37.9. The van der Waals surface area contributed by atoms with Crippen molar-refractivity contribution in [3.05, 3.63) is 11.7 Å². The smallest absolute Gasteiger partial charge is 0.226 e. The van der Waals surface area contributed by atoms with E-state index in [4.69, 9.17) is 4.52 Å². The number of aromatic nitrogens is 2. The zero-order valence-corrected chi connectivity index (χ0v) is 12.0. The van der Waals surface area contributed by atoms with E-state index in [2.05, 4.69) is 15.5 Å². The third kappa shape index (κ3) is 2.55. The lowest BCUT2D eigenvalue weighted by Crippen LogP contribution is -2.38. The van der Waals surface area contributed by atoms with E-state index in [9.17, 15) is 0 Å². The number of hydrogen-bond acceptors (Lipinski definition) is 5. The fourth-order valence-electron chi connectivity index (χ4n) is 3.85. The second-order valence-corrected chi connectivity index (χ2v) is 7.54. The van der Waals surface area contributed by atoms with Crippen LogP contribution in [0.3, 0.4) is 0 Å². The van der Waals surface area contributed by atoms with Crippen LogP contribution in [0.2, 0.25) is 0 Å². The lowest BCUT2D eigenvalue weighted by molar-refractivity contribution is 0.270. The van der Waals surface area contributed by atoms with E-state index in [-0.39, 0.29) is 0 Å². The highest BCUT2D eigenvalue weighted by molar-refractivity contribution is 7.99. The van der Waals surface area contributed by atoms with Crippen LogP contribution in [-0.4, -0.2) is 28.0 Å². The number of fused-ring (bicyclic) bond motifs is 2. The first-order valence-corrected chi connectivity index (χ1v) is 8.62. The van der Waals surface area contributed by atoms with E-state index in [0.717, 1.165) is 36.1 Å². The Labute approximate surface area is 118 Å². The molecule has 3 unspecified atom stereocenters. The molecule has 1 aromatic heterocycles. The summed E-state index contributed by atoms with van der Waals surface area (Å²) in [5.41, 5.74) is 0. The van der Waals surface area contributed by atoms with Crippen molar-refractivity contribution in [3.8, 4) is 0 Å². The highest BCUT2D eigenvalue weighted by atomic mass is 32.2. The molecule has 3 saturated heterocycles. The summed E-state index contributed by atoms with van der Waals surface area (Å²) in [5, 5.41) is 8.37. The average molecular weight is 279 g/mol. The fraction of sp³-hybridized carbons (Fsp3) is 0.857. The van der Waals surface area contributed by atoms with Gasteiger partial charge in [0.1, 0.15) is 0 Å². The summed E-state index contributed by atoms with van der Waals surface area (Å²) in [4.78, 5) is 4.64. The van der Waals surface area contributed by atoms with E-state index in [1.54, 1.807) is 0 Å². The maximum absolute atomic E-state index is 5.48. The van der Waals surface area contributed by atoms with Crippen LogP contribution in [0.15, 0.2) is 4.52 Å². The number of thioether (sulfide) groups is 1. The first kappa shape index (κ1) is 12.2. The molecule has 3 aliphatic rings. The number of piperidine rings is 1. The summed E-state index contributed by atoms with van der Waals surface area (Å²) < 4.78 is 5.48. The second-order valence-electron chi connectivity index (χ2n) is 6.23. The molecule has 0 spiro atoms. The minimum Gasteiger partial charge on any atom is -0.339 e. The van der Waals surface area contributed by atoms with Crippen molar-refractivity contribution in [2.45, 2.75) is 62.3 Å². The molecule has 4 nitrogen and oxygen atoms in total. The molecule has 1 N–H and O–H groups in total. The van der Waals surface area contributed by atoms with Gasteiger partial charge in [0.2, 0.25) is 5.89 Å².